The van der Waals surface area contributed by atoms with Gasteiger partial charge in [0.15, 0.2) is 0 Å². The number of hydrogen-bond acceptors (Lipinski definition) is 2. The summed E-state index contributed by atoms with van der Waals surface area (Å²) in [4.78, 5) is 16.4. The van der Waals surface area contributed by atoms with Crippen LogP contribution in [0, 0.1) is 5.82 Å². The monoisotopic (exact) mass is 284 g/mol. The lowest BCUT2D eigenvalue weighted by molar-refractivity contribution is 0.0762. The van der Waals surface area contributed by atoms with Crippen molar-refractivity contribution in [3.05, 3.63) is 35.6 Å². The third kappa shape index (κ3) is 3.91. The summed E-state index contributed by atoms with van der Waals surface area (Å²) in [6.45, 7) is 4.13. The van der Waals surface area contributed by atoms with Gasteiger partial charge in [-0.15, -0.1) is 11.6 Å². The van der Waals surface area contributed by atoms with E-state index >= 15 is 0 Å². The standard InChI is InChI=1S/C14H18ClFN2O/c15-6-9-17-7-1-8-18(11-10-17)14(19)12-2-4-13(16)5-3-12/h2-5H,1,6-11H2. The van der Waals surface area contributed by atoms with E-state index in [0.717, 1.165) is 32.6 Å². The van der Waals surface area contributed by atoms with Crippen LogP contribution >= 0.6 is 11.6 Å². The number of alkyl halides is 1. The molecule has 1 aliphatic heterocycles. The summed E-state index contributed by atoms with van der Waals surface area (Å²) < 4.78 is 12.8. The molecule has 1 aromatic rings. The second kappa shape index (κ2) is 6.87. The highest BCUT2D eigenvalue weighted by Gasteiger charge is 2.19. The van der Waals surface area contributed by atoms with E-state index in [1.165, 1.54) is 12.1 Å². The molecule has 0 spiro atoms. The first-order valence-electron chi connectivity index (χ1n) is 6.54. The highest BCUT2D eigenvalue weighted by molar-refractivity contribution is 6.18. The predicted octanol–water partition coefficient (Wildman–Crippen LogP) is 2.21. The van der Waals surface area contributed by atoms with E-state index in [2.05, 4.69) is 4.90 Å². The summed E-state index contributed by atoms with van der Waals surface area (Å²) in [5.74, 6) is 0.278. The molecule has 2 rings (SSSR count). The molecule has 5 heteroatoms. The highest BCUT2D eigenvalue weighted by atomic mass is 35.5. The van der Waals surface area contributed by atoms with Crippen LogP contribution in [0.25, 0.3) is 0 Å². The van der Waals surface area contributed by atoms with Crippen LogP contribution in [-0.2, 0) is 0 Å². The number of carbonyl (C=O) groups excluding carboxylic acids is 1. The molecule has 1 fully saturated rings. The number of nitrogens with zero attached hydrogens (tertiary/aromatic N) is 2. The highest BCUT2D eigenvalue weighted by Crippen LogP contribution is 2.10. The number of amides is 1. The van der Waals surface area contributed by atoms with Crippen molar-refractivity contribution >= 4 is 17.5 Å². The van der Waals surface area contributed by atoms with Crippen LogP contribution in [0.2, 0.25) is 0 Å². The van der Waals surface area contributed by atoms with Crippen LogP contribution in [0.3, 0.4) is 0 Å². The Labute approximate surface area is 117 Å². The van der Waals surface area contributed by atoms with Crippen LogP contribution < -0.4 is 0 Å². The van der Waals surface area contributed by atoms with E-state index in [9.17, 15) is 9.18 Å². The fraction of sp³-hybridized carbons (Fsp3) is 0.500. The zero-order chi connectivity index (χ0) is 13.7. The minimum atomic E-state index is -0.319. The van der Waals surface area contributed by atoms with E-state index in [1.807, 2.05) is 4.90 Å². The Morgan fingerprint density at radius 2 is 1.89 bits per heavy atom. The van der Waals surface area contributed by atoms with Crippen molar-refractivity contribution in [2.75, 3.05) is 38.6 Å². The molecule has 0 radical (unpaired) electrons. The van der Waals surface area contributed by atoms with Crippen molar-refractivity contribution in [2.24, 2.45) is 0 Å². The smallest absolute Gasteiger partial charge is 0.253 e. The quantitative estimate of drug-likeness (QED) is 0.795. The lowest BCUT2D eigenvalue weighted by Crippen LogP contribution is -2.35. The minimum absolute atomic E-state index is 0.0206. The van der Waals surface area contributed by atoms with Crippen LogP contribution in [0.5, 0.6) is 0 Å². The molecule has 3 nitrogen and oxygen atoms in total. The van der Waals surface area contributed by atoms with Gasteiger partial charge < -0.3 is 9.80 Å². The van der Waals surface area contributed by atoms with Gasteiger partial charge in [0.1, 0.15) is 5.82 Å². The zero-order valence-electron chi connectivity index (χ0n) is 10.8. The van der Waals surface area contributed by atoms with Crippen LogP contribution in [-0.4, -0.2) is 54.3 Å². The van der Waals surface area contributed by atoms with Crippen LogP contribution in [0.4, 0.5) is 4.39 Å². The maximum Gasteiger partial charge on any atom is 0.253 e. The molecule has 0 saturated carbocycles. The first-order valence-corrected chi connectivity index (χ1v) is 7.07. The Morgan fingerprint density at radius 3 is 2.58 bits per heavy atom. The van der Waals surface area contributed by atoms with Gasteiger partial charge in [0.05, 0.1) is 0 Å². The molecule has 19 heavy (non-hydrogen) atoms. The van der Waals surface area contributed by atoms with Crippen LogP contribution in [0.1, 0.15) is 16.8 Å². The molecule has 0 atom stereocenters. The maximum absolute atomic E-state index is 12.8. The van der Waals surface area contributed by atoms with E-state index in [0.29, 0.717) is 18.0 Å². The lowest BCUT2D eigenvalue weighted by Gasteiger charge is -2.21. The third-order valence-electron chi connectivity index (χ3n) is 3.37. The van der Waals surface area contributed by atoms with E-state index in [1.54, 1.807) is 12.1 Å². The lowest BCUT2D eigenvalue weighted by atomic mass is 10.2. The second-order valence-electron chi connectivity index (χ2n) is 4.68. The van der Waals surface area contributed by atoms with E-state index < -0.39 is 0 Å². The summed E-state index contributed by atoms with van der Waals surface area (Å²) in [5.41, 5.74) is 0.548. The number of benzene rings is 1. The largest absolute Gasteiger partial charge is 0.337 e. The summed E-state index contributed by atoms with van der Waals surface area (Å²) in [5, 5.41) is 0. The second-order valence-corrected chi connectivity index (χ2v) is 5.06. The summed E-state index contributed by atoms with van der Waals surface area (Å²) in [6.07, 6.45) is 0.948. The van der Waals surface area contributed by atoms with Gasteiger partial charge in [0, 0.05) is 37.6 Å². The summed E-state index contributed by atoms with van der Waals surface area (Å²) >= 11 is 5.74. The molecule has 0 N–H and O–H groups in total. The van der Waals surface area contributed by atoms with Gasteiger partial charge in [-0.25, -0.2) is 4.39 Å². The van der Waals surface area contributed by atoms with Gasteiger partial charge in [-0.3, -0.25) is 4.79 Å². The Balaban J connectivity index is 1.98. The topological polar surface area (TPSA) is 23.6 Å². The Kier molecular flexibility index (Phi) is 5.16. The molecule has 1 amide bonds. The molecule has 1 heterocycles. The first kappa shape index (κ1) is 14.3. The van der Waals surface area contributed by atoms with Crippen molar-refractivity contribution in [1.29, 1.82) is 0 Å². The molecule has 0 aromatic heterocycles. The molecule has 104 valence electrons. The first-order chi connectivity index (χ1) is 9.20. The Hall–Kier alpha value is -1.13. The minimum Gasteiger partial charge on any atom is -0.337 e. The number of hydrogen-bond donors (Lipinski definition) is 0. The summed E-state index contributed by atoms with van der Waals surface area (Å²) in [7, 11) is 0. The van der Waals surface area contributed by atoms with Crippen molar-refractivity contribution < 1.29 is 9.18 Å². The van der Waals surface area contributed by atoms with Gasteiger partial charge in [-0.2, -0.15) is 0 Å². The zero-order valence-corrected chi connectivity index (χ0v) is 11.6. The molecule has 1 saturated heterocycles. The van der Waals surface area contributed by atoms with Crippen LogP contribution in [0.15, 0.2) is 24.3 Å². The summed E-state index contributed by atoms with van der Waals surface area (Å²) in [6, 6.07) is 5.73. The Bertz CT molecular complexity index is 424. The SMILES string of the molecule is O=C(c1ccc(F)cc1)N1CCCN(CCCl)CC1. The number of carbonyl (C=O) groups is 1. The van der Waals surface area contributed by atoms with Crippen molar-refractivity contribution in [2.45, 2.75) is 6.42 Å². The third-order valence-corrected chi connectivity index (χ3v) is 3.54. The van der Waals surface area contributed by atoms with Gasteiger partial charge >= 0.3 is 0 Å². The van der Waals surface area contributed by atoms with Gasteiger partial charge in [0.25, 0.3) is 5.91 Å². The Morgan fingerprint density at radius 1 is 1.16 bits per heavy atom. The molecule has 0 unspecified atom stereocenters. The van der Waals surface area contributed by atoms with Gasteiger partial charge in [-0.1, -0.05) is 0 Å². The van der Waals surface area contributed by atoms with Crippen molar-refractivity contribution in [3.8, 4) is 0 Å². The predicted molar refractivity (Wildman–Crippen MR) is 74.1 cm³/mol. The molecule has 1 aromatic carbocycles. The maximum atomic E-state index is 12.8. The normalized spacial score (nSPS) is 17.3. The van der Waals surface area contributed by atoms with Crippen molar-refractivity contribution in [1.82, 2.24) is 9.80 Å². The molecular weight excluding hydrogens is 267 g/mol. The molecule has 0 aliphatic carbocycles. The molecule has 1 aliphatic rings. The average Bonchev–Trinajstić information content (AvgIpc) is 2.65. The average molecular weight is 285 g/mol. The van der Waals surface area contributed by atoms with E-state index in [4.69, 9.17) is 11.6 Å². The molecular formula is C14H18ClFN2O. The fourth-order valence-corrected chi connectivity index (χ4v) is 2.53. The number of rotatable bonds is 3. The van der Waals surface area contributed by atoms with Gasteiger partial charge in [0.2, 0.25) is 0 Å². The number of halogens is 2. The van der Waals surface area contributed by atoms with Crippen molar-refractivity contribution in [3.63, 3.8) is 0 Å². The van der Waals surface area contributed by atoms with Gasteiger partial charge in [-0.05, 0) is 37.2 Å². The fourth-order valence-electron chi connectivity index (χ4n) is 2.29. The van der Waals surface area contributed by atoms with E-state index in [-0.39, 0.29) is 11.7 Å². The molecule has 0 bridgehead atoms.